The van der Waals surface area contributed by atoms with E-state index in [0.29, 0.717) is 6.10 Å². The molecule has 12 heavy (non-hydrogen) atoms. The summed E-state index contributed by atoms with van der Waals surface area (Å²) in [4.78, 5) is 0. The molecule has 0 N–H and O–H groups in total. The first-order valence-corrected chi connectivity index (χ1v) is 4.88. The molecule has 0 bridgehead atoms. The molecular formula is C11H16O. The standard InChI is InChI=1S/C11H16O/c1-2-6-10(7-3-1)11-8-4-5-9-12-11/h1-2,4-5,10-11H,3,6-9H2. The van der Waals surface area contributed by atoms with Gasteiger partial charge in [0.05, 0.1) is 12.7 Å². The Kier molecular flexibility index (Phi) is 2.62. The van der Waals surface area contributed by atoms with Crippen molar-refractivity contribution in [3.63, 3.8) is 0 Å². The van der Waals surface area contributed by atoms with Gasteiger partial charge < -0.3 is 4.74 Å². The van der Waals surface area contributed by atoms with Gasteiger partial charge in [-0.25, -0.2) is 0 Å². The summed E-state index contributed by atoms with van der Waals surface area (Å²) in [6, 6.07) is 0. The van der Waals surface area contributed by atoms with Crippen molar-refractivity contribution in [1.82, 2.24) is 0 Å². The van der Waals surface area contributed by atoms with Gasteiger partial charge in [0.25, 0.3) is 0 Å². The van der Waals surface area contributed by atoms with Crippen LogP contribution in [0.4, 0.5) is 0 Å². The van der Waals surface area contributed by atoms with Crippen molar-refractivity contribution >= 4 is 0 Å². The molecule has 0 spiro atoms. The minimum atomic E-state index is 0.500. The zero-order valence-corrected chi connectivity index (χ0v) is 7.41. The van der Waals surface area contributed by atoms with E-state index in [0.717, 1.165) is 18.9 Å². The van der Waals surface area contributed by atoms with Crippen LogP contribution in [0.3, 0.4) is 0 Å². The number of allylic oxidation sites excluding steroid dienone is 2. The fraction of sp³-hybridized carbons (Fsp3) is 0.636. The van der Waals surface area contributed by atoms with E-state index in [2.05, 4.69) is 24.3 Å². The normalized spacial score (nSPS) is 35.3. The zero-order chi connectivity index (χ0) is 8.23. The average Bonchev–Trinajstić information content (AvgIpc) is 2.21. The fourth-order valence-electron chi connectivity index (χ4n) is 2.03. The highest BCUT2D eigenvalue weighted by Crippen LogP contribution is 2.27. The Labute approximate surface area is 74.1 Å². The van der Waals surface area contributed by atoms with Gasteiger partial charge in [0.15, 0.2) is 0 Å². The predicted octanol–water partition coefficient (Wildman–Crippen LogP) is 2.69. The SMILES string of the molecule is C1=CCC(C2CC=CCO2)CC1. The molecular weight excluding hydrogens is 148 g/mol. The number of ether oxygens (including phenoxy) is 1. The first-order valence-electron chi connectivity index (χ1n) is 4.88. The summed E-state index contributed by atoms with van der Waals surface area (Å²) in [5, 5.41) is 0. The largest absolute Gasteiger partial charge is 0.374 e. The highest BCUT2D eigenvalue weighted by atomic mass is 16.5. The Morgan fingerprint density at radius 3 is 2.58 bits per heavy atom. The molecule has 0 amide bonds. The minimum absolute atomic E-state index is 0.500. The second-order valence-corrected chi connectivity index (χ2v) is 3.62. The lowest BCUT2D eigenvalue weighted by Crippen LogP contribution is -2.26. The Balaban J connectivity index is 1.90. The van der Waals surface area contributed by atoms with Gasteiger partial charge in [0.1, 0.15) is 0 Å². The van der Waals surface area contributed by atoms with E-state index in [4.69, 9.17) is 4.74 Å². The van der Waals surface area contributed by atoms with Gasteiger partial charge in [0, 0.05) is 0 Å². The van der Waals surface area contributed by atoms with Crippen LogP contribution in [0.15, 0.2) is 24.3 Å². The third kappa shape index (κ3) is 1.78. The predicted molar refractivity (Wildman–Crippen MR) is 50.0 cm³/mol. The minimum Gasteiger partial charge on any atom is -0.374 e. The number of hydrogen-bond acceptors (Lipinski definition) is 1. The maximum absolute atomic E-state index is 5.70. The van der Waals surface area contributed by atoms with Gasteiger partial charge in [-0.1, -0.05) is 24.3 Å². The lowest BCUT2D eigenvalue weighted by atomic mass is 9.87. The first kappa shape index (κ1) is 8.06. The van der Waals surface area contributed by atoms with Crippen LogP contribution in [-0.2, 0) is 4.74 Å². The first-order chi connectivity index (χ1) is 5.97. The molecule has 2 rings (SSSR count). The lowest BCUT2D eigenvalue weighted by Gasteiger charge is -2.28. The van der Waals surface area contributed by atoms with E-state index in [-0.39, 0.29) is 0 Å². The summed E-state index contributed by atoms with van der Waals surface area (Å²) >= 11 is 0. The van der Waals surface area contributed by atoms with Crippen LogP contribution in [0, 0.1) is 5.92 Å². The van der Waals surface area contributed by atoms with Crippen molar-refractivity contribution in [3.8, 4) is 0 Å². The maximum Gasteiger partial charge on any atom is 0.0651 e. The summed E-state index contributed by atoms with van der Waals surface area (Å²) < 4.78 is 5.70. The molecule has 1 heteroatoms. The van der Waals surface area contributed by atoms with Crippen LogP contribution in [-0.4, -0.2) is 12.7 Å². The van der Waals surface area contributed by atoms with Crippen LogP contribution in [0.5, 0.6) is 0 Å². The zero-order valence-electron chi connectivity index (χ0n) is 7.41. The van der Waals surface area contributed by atoms with E-state index in [1.54, 1.807) is 0 Å². The van der Waals surface area contributed by atoms with Crippen molar-refractivity contribution in [1.29, 1.82) is 0 Å². The molecule has 2 atom stereocenters. The van der Waals surface area contributed by atoms with Gasteiger partial charge in [-0.15, -0.1) is 0 Å². The summed E-state index contributed by atoms with van der Waals surface area (Å²) in [6.07, 6.45) is 14.4. The van der Waals surface area contributed by atoms with Gasteiger partial charge in [0.2, 0.25) is 0 Å². The summed E-state index contributed by atoms with van der Waals surface area (Å²) in [5.41, 5.74) is 0. The molecule has 0 saturated heterocycles. The van der Waals surface area contributed by atoms with Crippen molar-refractivity contribution in [2.24, 2.45) is 5.92 Å². The van der Waals surface area contributed by atoms with Crippen molar-refractivity contribution in [2.45, 2.75) is 31.8 Å². The van der Waals surface area contributed by atoms with E-state index in [1.807, 2.05) is 0 Å². The van der Waals surface area contributed by atoms with Gasteiger partial charge >= 0.3 is 0 Å². The van der Waals surface area contributed by atoms with Crippen LogP contribution >= 0.6 is 0 Å². The lowest BCUT2D eigenvalue weighted by molar-refractivity contribution is 0.0206. The molecule has 1 nitrogen and oxygen atoms in total. The third-order valence-electron chi connectivity index (χ3n) is 2.78. The van der Waals surface area contributed by atoms with Crippen molar-refractivity contribution < 1.29 is 4.74 Å². The molecule has 0 saturated carbocycles. The molecule has 1 heterocycles. The molecule has 0 fully saturated rings. The second kappa shape index (κ2) is 3.90. The molecule has 0 aromatic rings. The fourth-order valence-corrected chi connectivity index (χ4v) is 2.03. The maximum atomic E-state index is 5.70. The van der Waals surface area contributed by atoms with Gasteiger partial charge in [-0.3, -0.25) is 0 Å². The Morgan fingerprint density at radius 2 is 1.92 bits per heavy atom. The summed E-state index contributed by atoms with van der Waals surface area (Å²) in [6.45, 7) is 0.824. The van der Waals surface area contributed by atoms with Crippen LogP contribution < -0.4 is 0 Å². The van der Waals surface area contributed by atoms with Crippen LogP contribution in [0.1, 0.15) is 25.7 Å². The van der Waals surface area contributed by atoms with E-state index < -0.39 is 0 Å². The molecule has 2 unspecified atom stereocenters. The van der Waals surface area contributed by atoms with Crippen molar-refractivity contribution in [2.75, 3.05) is 6.61 Å². The Bertz CT molecular complexity index is 171. The number of hydrogen-bond donors (Lipinski definition) is 0. The second-order valence-electron chi connectivity index (χ2n) is 3.62. The smallest absolute Gasteiger partial charge is 0.0651 e. The molecule has 0 aromatic heterocycles. The molecule has 2 aliphatic rings. The van der Waals surface area contributed by atoms with Crippen LogP contribution in [0.25, 0.3) is 0 Å². The summed E-state index contributed by atoms with van der Waals surface area (Å²) in [5.74, 6) is 0.778. The highest BCUT2D eigenvalue weighted by Gasteiger charge is 2.22. The third-order valence-corrected chi connectivity index (χ3v) is 2.78. The van der Waals surface area contributed by atoms with E-state index in [9.17, 15) is 0 Å². The molecule has 0 radical (unpaired) electrons. The van der Waals surface area contributed by atoms with Crippen molar-refractivity contribution in [3.05, 3.63) is 24.3 Å². The van der Waals surface area contributed by atoms with Gasteiger partial charge in [-0.05, 0) is 31.6 Å². The molecule has 66 valence electrons. The Hall–Kier alpha value is -0.560. The highest BCUT2D eigenvalue weighted by molar-refractivity contribution is 4.97. The quantitative estimate of drug-likeness (QED) is 0.541. The molecule has 1 aliphatic heterocycles. The summed E-state index contributed by atoms with van der Waals surface area (Å²) in [7, 11) is 0. The van der Waals surface area contributed by atoms with E-state index >= 15 is 0 Å². The monoisotopic (exact) mass is 164 g/mol. The molecule has 1 aliphatic carbocycles. The Morgan fingerprint density at radius 1 is 1.00 bits per heavy atom. The molecule has 0 aromatic carbocycles. The van der Waals surface area contributed by atoms with E-state index in [1.165, 1.54) is 19.3 Å². The van der Waals surface area contributed by atoms with Crippen LogP contribution in [0.2, 0.25) is 0 Å². The topological polar surface area (TPSA) is 9.23 Å². The average molecular weight is 164 g/mol. The van der Waals surface area contributed by atoms with Gasteiger partial charge in [-0.2, -0.15) is 0 Å². The number of rotatable bonds is 1.